The number of hydrogen-bond acceptors (Lipinski definition) is 6. The minimum absolute atomic E-state index is 0.113. The van der Waals surface area contributed by atoms with Crippen LogP contribution in [0.1, 0.15) is 37.1 Å². The predicted octanol–water partition coefficient (Wildman–Crippen LogP) is 1.95. The molecule has 1 saturated carbocycles. The van der Waals surface area contributed by atoms with Gasteiger partial charge in [0.15, 0.2) is 0 Å². The minimum atomic E-state index is -0.756. The van der Waals surface area contributed by atoms with Crippen LogP contribution in [0, 0.1) is 12.8 Å². The van der Waals surface area contributed by atoms with Crippen LogP contribution in [0.3, 0.4) is 0 Å². The molecular formula is C18H22N4O4. The number of carboxylic acids is 1. The van der Waals surface area contributed by atoms with E-state index < -0.39 is 5.97 Å². The maximum Gasteiger partial charge on any atom is 0.306 e. The fourth-order valence-corrected chi connectivity index (χ4v) is 3.34. The summed E-state index contributed by atoms with van der Waals surface area (Å²) in [5, 5.41) is 17.3. The van der Waals surface area contributed by atoms with Crippen LogP contribution in [0.25, 0.3) is 11.4 Å². The predicted molar refractivity (Wildman–Crippen MR) is 92.7 cm³/mol. The van der Waals surface area contributed by atoms with Crippen LogP contribution in [0.15, 0.2) is 12.1 Å². The van der Waals surface area contributed by atoms with Gasteiger partial charge in [0.05, 0.1) is 29.1 Å². The Morgan fingerprint density at radius 3 is 2.92 bits per heavy atom. The number of pyridine rings is 1. The van der Waals surface area contributed by atoms with E-state index in [9.17, 15) is 14.7 Å². The van der Waals surface area contributed by atoms with E-state index in [0.717, 1.165) is 19.1 Å². The van der Waals surface area contributed by atoms with E-state index in [0.29, 0.717) is 41.4 Å². The molecule has 0 bridgehead atoms. The Bertz CT molecular complexity index is 818. The first-order chi connectivity index (χ1) is 12.5. The molecule has 1 aliphatic carbocycles. The summed E-state index contributed by atoms with van der Waals surface area (Å²) in [5.74, 6) is -0.453. The Balaban J connectivity index is 1.78. The molecule has 2 heterocycles. The molecule has 0 aliphatic heterocycles. The summed E-state index contributed by atoms with van der Waals surface area (Å²) in [6, 6.07) is 3.61. The van der Waals surface area contributed by atoms with Gasteiger partial charge in [-0.1, -0.05) is 5.21 Å². The SMILES string of the molecule is Cc1nc(-c2nnn(C)c2CC=O)ccc1OC1CCCC(C(=O)O)C1. The molecular weight excluding hydrogens is 336 g/mol. The molecule has 0 saturated heterocycles. The smallest absolute Gasteiger partial charge is 0.306 e. The van der Waals surface area contributed by atoms with Crippen molar-refractivity contribution in [2.24, 2.45) is 13.0 Å². The molecule has 1 N–H and O–H groups in total. The van der Waals surface area contributed by atoms with E-state index >= 15 is 0 Å². The maximum atomic E-state index is 11.2. The van der Waals surface area contributed by atoms with Gasteiger partial charge in [0.25, 0.3) is 0 Å². The van der Waals surface area contributed by atoms with Crippen molar-refractivity contribution in [3.8, 4) is 17.1 Å². The van der Waals surface area contributed by atoms with Crippen LogP contribution in [0.2, 0.25) is 0 Å². The van der Waals surface area contributed by atoms with Crippen LogP contribution in [0.4, 0.5) is 0 Å². The molecule has 0 spiro atoms. The maximum absolute atomic E-state index is 11.2. The molecule has 8 heteroatoms. The molecule has 138 valence electrons. The number of aldehydes is 1. The molecule has 2 unspecified atom stereocenters. The average Bonchev–Trinajstić information content (AvgIpc) is 2.98. The van der Waals surface area contributed by atoms with E-state index in [-0.39, 0.29) is 18.4 Å². The van der Waals surface area contributed by atoms with E-state index in [2.05, 4.69) is 15.3 Å². The molecule has 0 amide bonds. The Hall–Kier alpha value is -2.77. The van der Waals surface area contributed by atoms with Crippen molar-refractivity contribution >= 4 is 12.3 Å². The van der Waals surface area contributed by atoms with Gasteiger partial charge in [-0.15, -0.1) is 5.10 Å². The third-order valence-electron chi connectivity index (χ3n) is 4.77. The minimum Gasteiger partial charge on any atom is -0.489 e. The summed E-state index contributed by atoms with van der Waals surface area (Å²) in [7, 11) is 1.74. The standard InChI is InChI=1S/C18H22N4O4/c1-11-16(26-13-5-3-4-12(10-13)18(24)25)7-6-14(19-11)17-15(8-9-23)22(2)21-20-17/h6-7,9,12-13H,3-5,8,10H2,1-2H3,(H,24,25). The molecule has 2 atom stereocenters. The molecule has 0 aromatic carbocycles. The number of ether oxygens (including phenoxy) is 1. The number of carbonyl (C=O) groups excluding carboxylic acids is 1. The zero-order valence-corrected chi connectivity index (χ0v) is 14.9. The highest BCUT2D eigenvalue weighted by Crippen LogP contribution is 2.30. The topological polar surface area (TPSA) is 107 Å². The zero-order chi connectivity index (χ0) is 18.7. The van der Waals surface area contributed by atoms with E-state index in [1.807, 2.05) is 13.0 Å². The summed E-state index contributed by atoms with van der Waals surface area (Å²) in [6.07, 6.45) is 3.84. The average molecular weight is 358 g/mol. The van der Waals surface area contributed by atoms with E-state index in [4.69, 9.17) is 4.74 Å². The quantitative estimate of drug-likeness (QED) is 0.786. The number of nitrogens with zero attached hydrogens (tertiary/aromatic N) is 4. The third-order valence-corrected chi connectivity index (χ3v) is 4.77. The van der Waals surface area contributed by atoms with Crippen molar-refractivity contribution in [2.75, 3.05) is 0 Å². The second-order valence-corrected chi connectivity index (χ2v) is 6.60. The van der Waals surface area contributed by atoms with Crippen molar-refractivity contribution in [1.82, 2.24) is 20.0 Å². The highest BCUT2D eigenvalue weighted by molar-refractivity contribution is 5.70. The molecule has 0 radical (unpaired) electrons. The molecule has 2 aromatic rings. The second kappa shape index (κ2) is 7.63. The number of aryl methyl sites for hydroxylation is 2. The van der Waals surface area contributed by atoms with Gasteiger partial charge < -0.3 is 14.6 Å². The molecule has 2 aromatic heterocycles. The van der Waals surface area contributed by atoms with Gasteiger partial charge in [0, 0.05) is 13.5 Å². The fourth-order valence-electron chi connectivity index (χ4n) is 3.34. The largest absolute Gasteiger partial charge is 0.489 e. The highest BCUT2D eigenvalue weighted by Gasteiger charge is 2.28. The van der Waals surface area contributed by atoms with Crippen molar-refractivity contribution < 1.29 is 19.4 Å². The van der Waals surface area contributed by atoms with E-state index in [1.165, 1.54) is 0 Å². The fraction of sp³-hybridized carbons (Fsp3) is 0.500. The number of carbonyl (C=O) groups is 2. The van der Waals surface area contributed by atoms with Gasteiger partial charge in [-0.05, 0) is 44.7 Å². The van der Waals surface area contributed by atoms with Gasteiger partial charge >= 0.3 is 5.97 Å². The third kappa shape index (κ3) is 3.74. The summed E-state index contributed by atoms with van der Waals surface area (Å²) in [5.41, 5.74) is 2.62. The van der Waals surface area contributed by atoms with Gasteiger partial charge in [0.2, 0.25) is 0 Å². The van der Waals surface area contributed by atoms with Gasteiger partial charge in [-0.2, -0.15) is 0 Å². The second-order valence-electron chi connectivity index (χ2n) is 6.60. The van der Waals surface area contributed by atoms with Crippen LogP contribution in [0.5, 0.6) is 5.75 Å². The van der Waals surface area contributed by atoms with Crippen molar-refractivity contribution in [3.63, 3.8) is 0 Å². The first kappa shape index (κ1) is 18.0. The molecule has 1 fully saturated rings. The number of hydrogen-bond donors (Lipinski definition) is 1. The van der Waals surface area contributed by atoms with Crippen LogP contribution < -0.4 is 4.74 Å². The normalized spacial score (nSPS) is 19.9. The van der Waals surface area contributed by atoms with Crippen LogP contribution in [-0.4, -0.2) is 43.4 Å². The number of aliphatic carboxylic acids is 1. The Morgan fingerprint density at radius 2 is 2.23 bits per heavy atom. The van der Waals surface area contributed by atoms with Crippen molar-refractivity contribution in [2.45, 2.75) is 45.1 Å². The molecule has 26 heavy (non-hydrogen) atoms. The van der Waals surface area contributed by atoms with Gasteiger partial charge in [0.1, 0.15) is 17.7 Å². The lowest BCUT2D eigenvalue weighted by Gasteiger charge is -2.27. The first-order valence-electron chi connectivity index (χ1n) is 8.69. The summed E-state index contributed by atoms with van der Waals surface area (Å²) in [6.45, 7) is 1.84. The monoisotopic (exact) mass is 358 g/mol. The summed E-state index contributed by atoms with van der Waals surface area (Å²) in [4.78, 5) is 26.6. The lowest BCUT2D eigenvalue weighted by molar-refractivity contribution is -0.143. The Morgan fingerprint density at radius 1 is 1.42 bits per heavy atom. The summed E-state index contributed by atoms with van der Waals surface area (Å²) < 4.78 is 7.59. The molecule has 8 nitrogen and oxygen atoms in total. The summed E-state index contributed by atoms with van der Waals surface area (Å²) >= 11 is 0. The Labute approximate surface area is 151 Å². The number of rotatable bonds is 6. The Kier molecular flexibility index (Phi) is 5.29. The van der Waals surface area contributed by atoms with Gasteiger partial charge in [-0.25, -0.2) is 4.98 Å². The molecule has 1 aliphatic rings. The van der Waals surface area contributed by atoms with Gasteiger partial charge in [-0.3, -0.25) is 9.48 Å². The number of carboxylic acid groups (broad SMARTS) is 1. The zero-order valence-electron chi connectivity index (χ0n) is 14.9. The highest BCUT2D eigenvalue weighted by atomic mass is 16.5. The van der Waals surface area contributed by atoms with E-state index in [1.54, 1.807) is 17.8 Å². The molecule has 3 rings (SSSR count). The van der Waals surface area contributed by atoms with Crippen molar-refractivity contribution in [3.05, 3.63) is 23.5 Å². The van der Waals surface area contributed by atoms with Crippen LogP contribution >= 0.6 is 0 Å². The lowest BCUT2D eigenvalue weighted by Crippen LogP contribution is -2.29. The number of aromatic nitrogens is 4. The van der Waals surface area contributed by atoms with Crippen LogP contribution in [-0.2, 0) is 23.1 Å². The first-order valence-corrected chi connectivity index (χ1v) is 8.69. The lowest BCUT2D eigenvalue weighted by atomic mass is 9.87. The van der Waals surface area contributed by atoms with Crippen molar-refractivity contribution in [1.29, 1.82) is 0 Å².